The van der Waals surface area contributed by atoms with Crippen LogP contribution in [0.5, 0.6) is 0 Å². The largest absolute Gasteiger partial charge is 0.384 e. The molecule has 0 amide bonds. The Balaban J connectivity index is 3.57. The van der Waals surface area contributed by atoms with Crippen molar-refractivity contribution < 1.29 is 4.79 Å². The molecule has 0 saturated carbocycles. The highest BCUT2D eigenvalue weighted by molar-refractivity contribution is 5.89. The summed E-state index contributed by atoms with van der Waals surface area (Å²) < 4.78 is 0. The van der Waals surface area contributed by atoms with Crippen LogP contribution >= 0.6 is 0 Å². The molecule has 3 nitrogen and oxygen atoms in total. The highest BCUT2D eigenvalue weighted by Gasteiger charge is 2.03. The fraction of sp³-hybridized carbons (Fsp3) is 0.556. The first-order valence-electron chi connectivity index (χ1n) is 4.02. The first-order chi connectivity index (χ1) is 5.54. The minimum absolute atomic E-state index is 0.0759. The normalized spacial score (nSPS) is 10.7. The van der Waals surface area contributed by atoms with E-state index in [1.54, 1.807) is 19.2 Å². The second-order valence-corrected chi connectivity index (χ2v) is 3.02. The monoisotopic (exact) mass is 168 g/mol. The zero-order chi connectivity index (χ0) is 9.56. The maximum absolute atomic E-state index is 11.0. The maximum Gasteiger partial charge on any atom is 0.154 e. The van der Waals surface area contributed by atoms with E-state index >= 15 is 0 Å². The summed E-state index contributed by atoms with van der Waals surface area (Å²) in [6, 6.07) is 0. The molecule has 0 bridgehead atoms. The van der Waals surface area contributed by atoms with Crippen molar-refractivity contribution in [2.24, 2.45) is 5.92 Å². The quantitative estimate of drug-likeness (QED) is 0.609. The minimum atomic E-state index is 0.0759. The van der Waals surface area contributed by atoms with Gasteiger partial charge in [-0.1, -0.05) is 13.8 Å². The molecule has 0 radical (unpaired) electrons. The fourth-order valence-electron chi connectivity index (χ4n) is 0.548. The van der Waals surface area contributed by atoms with Crippen molar-refractivity contribution in [2.45, 2.75) is 20.8 Å². The van der Waals surface area contributed by atoms with Gasteiger partial charge in [0.2, 0.25) is 0 Å². The van der Waals surface area contributed by atoms with Crippen LogP contribution in [0.1, 0.15) is 20.8 Å². The van der Waals surface area contributed by atoms with Gasteiger partial charge in [-0.25, -0.2) is 0 Å². The van der Waals surface area contributed by atoms with Crippen LogP contribution in [-0.2, 0) is 4.79 Å². The summed E-state index contributed by atoms with van der Waals surface area (Å²) in [6.45, 7) is 5.77. The Morgan fingerprint density at radius 1 is 1.58 bits per heavy atom. The van der Waals surface area contributed by atoms with Crippen molar-refractivity contribution in [3.05, 3.63) is 12.3 Å². The number of hydrogen-bond acceptors (Lipinski definition) is 3. The van der Waals surface area contributed by atoms with Crippen LogP contribution in [0, 0.1) is 11.3 Å². The van der Waals surface area contributed by atoms with Crippen molar-refractivity contribution >= 4 is 11.5 Å². The molecule has 68 valence electrons. The molecule has 0 aromatic carbocycles. The molecule has 0 aliphatic carbocycles. The van der Waals surface area contributed by atoms with Crippen molar-refractivity contribution in [1.29, 1.82) is 5.41 Å². The van der Waals surface area contributed by atoms with Crippen LogP contribution in [-0.4, -0.2) is 18.0 Å². The molecular formula is C9H16N2O. The van der Waals surface area contributed by atoms with Gasteiger partial charge in [0.05, 0.1) is 6.54 Å². The summed E-state index contributed by atoms with van der Waals surface area (Å²) in [5, 5.41) is 9.88. The molecule has 0 unspecified atom stereocenters. The number of carbonyl (C=O) groups is 1. The summed E-state index contributed by atoms with van der Waals surface area (Å²) in [5.41, 5.74) is 0.472. The predicted octanol–water partition coefficient (Wildman–Crippen LogP) is 1.35. The molecule has 0 aromatic rings. The lowest BCUT2D eigenvalue weighted by molar-refractivity contribution is -0.120. The van der Waals surface area contributed by atoms with Gasteiger partial charge in [-0.05, 0) is 19.2 Å². The first-order valence-corrected chi connectivity index (χ1v) is 4.02. The van der Waals surface area contributed by atoms with E-state index in [4.69, 9.17) is 5.41 Å². The third-order valence-electron chi connectivity index (χ3n) is 1.37. The van der Waals surface area contributed by atoms with Crippen LogP contribution in [0.25, 0.3) is 0 Å². The van der Waals surface area contributed by atoms with Gasteiger partial charge in [0, 0.05) is 11.6 Å². The van der Waals surface area contributed by atoms with E-state index in [-0.39, 0.29) is 11.7 Å². The van der Waals surface area contributed by atoms with Crippen molar-refractivity contribution in [1.82, 2.24) is 5.32 Å². The van der Waals surface area contributed by atoms with E-state index in [2.05, 4.69) is 5.32 Å². The summed E-state index contributed by atoms with van der Waals surface area (Å²) in [7, 11) is 0. The molecule has 0 rings (SSSR count). The predicted molar refractivity (Wildman–Crippen MR) is 50.4 cm³/mol. The van der Waals surface area contributed by atoms with E-state index in [1.807, 2.05) is 13.8 Å². The number of carbonyl (C=O) groups excluding carboxylic acids is 1. The van der Waals surface area contributed by atoms with Crippen LogP contribution in [0.3, 0.4) is 0 Å². The lowest BCUT2D eigenvalue weighted by Crippen LogP contribution is -2.22. The van der Waals surface area contributed by atoms with E-state index < -0.39 is 0 Å². The molecule has 0 spiro atoms. The Morgan fingerprint density at radius 2 is 2.17 bits per heavy atom. The molecule has 3 heteroatoms. The molecule has 0 aliphatic heterocycles. The van der Waals surface area contributed by atoms with Crippen molar-refractivity contribution in [3.63, 3.8) is 0 Å². The van der Waals surface area contributed by atoms with Gasteiger partial charge in [0.25, 0.3) is 0 Å². The highest BCUT2D eigenvalue weighted by Crippen LogP contribution is 1.91. The SMILES string of the molecule is CC(=N)/C=C\NCC(=O)C(C)C. The Morgan fingerprint density at radius 3 is 2.58 bits per heavy atom. The third kappa shape index (κ3) is 5.65. The Bertz CT molecular complexity index is 195. The number of hydrogen-bond donors (Lipinski definition) is 2. The van der Waals surface area contributed by atoms with Crippen LogP contribution < -0.4 is 5.32 Å². The zero-order valence-electron chi connectivity index (χ0n) is 7.85. The molecule has 0 heterocycles. The lowest BCUT2D eigenvalue weighted by atomic mass is 10.1. The molecule has 0 fully saturated rings. The smallest absolute Gasteiger partial charge is 0.154 e. The van der Waals surface area contributed by atoms with Gasteiger partial charge in [-0.2, -0.15) is 0 Å². The van der Waals surface area contributed by atoms with Crippen LogP contribution in [0.2, 0.25) is 0 Å². The third-order valence-corrected chi connectivity index (χ3v) is 1.37. The minimum Gasteiger partial charge on any atom is -0.384 e. The Labute approximate surface area is 73.4 Å². The van der Waals surface area contributed by atoms with E-state index in [0.717, 1.165) is 0 Å². The molecule has 12 heavy (non-hydrogen) atoms. The molecule has 0 aliphatic rings. The topological polar surface area (TPSA) is 53.0 Å². The van der Waals surface area contributed by atoms with Crippen LogP contribution in [0.4, 0.5) is 0 Å². The second-order valence-electron chi connectivity index (χ2n) is 3.02. The highest BCUT2D eigenvalue weighted by atomic mass is 16.1. The summed E-state index contributed by atoms with van der Waals surface area (Å²) >= 11 is 0. The molecule has 0 saturated heterocycles. The standard InChI is InChI=1S/C9H16N2O/c1-7(2)9(12)6-11-5-4-8(3)10/h4-5,7,10-11H,6H2,1-3H3/b5-4-,10-8?. The zero-order valence-corrected chi connectivity index (χ0v) is 7.85. The number of Topliss-reactive ketones (excluding diaryl/α,β-unsaturated/α-hetero) is 1. The lowest BCUT2D eigenvalue weighted by Gasteiger charge is -2.02. The van der Waals surface area contributed by atoms with Crippen molar-refractivity contribution in [2.75, 3.05) is 6.54 Å². The van der Waals surface area contributed by atoms with E-state index in [9.17, 15) is 4.79 Å². The first kappa shape index (κ1) is 10.9. The molecular weight excluding hydrogens is 152 g/mol. The van der Waals surface area contributed by atoms with Gasteiger partial charge in [-0.15, -0.1) is 0 Å². The molecule has 0 atom stereocenters. The number of ketones is 1. The van der Waals surface area contributed by atoms with Gasteiger partial charge in [0.1, 0.15) is 0 Å². The van der Waals surface area contributed by atoms with Crippen molar-refractivity contribution in [3.8, 4) is 0 Å². The average molecular weight is 168 g/mol. The average Bonchev–Trinajstić information content (AvgIpc) is 1.97. The Kier molecular flexibility index (Phi) is 5.00. The van der Waals surface area contributed by atoms with E-state index in [1.165, 1.54) is 0 Å². The summed E-state index contributed by atoms with van der Waals surface area (Å²) in [6.07, 6.45) is 3.25. The van der Waals surface area contributed by atoms with Gasteiger partial charge in [0.15, 0.2) is 5.78 Å². The second kappa shape index (κ2) is 5.52. The maximum atomic E-state index is 11.0. The molecule has 0 aromatic heterocycles. The van der Waals surface area contributed by atoms with Crippen LogP contribution in [0.15, 0.2) is 12.3 Å². The Hall–Kier alpha value is -1.12. The number of allylic oxidation sites excluding steroid dienone is 1. The van der Waals surface area contributed by atoms with Gasteiger partial charge in [-0.3, -0.25) is 4.79 Å². The summed E-state index contributed by atoms with van der Waals surface area (Å²) in [5.74, 6) is 0.259. The summed E-state index contributed by atoms with van der Waals surface area (Å²) in [4.78, 5) is 11.0. The van der Waals surface area contributed by atoms with E-state index in [0.29, 0.717) is 12.3 Å². The number of rotatable bonds is 5. The van der Waals surface area contributed by atoms with Gasteiger partial charge < -0.3 is 10.7 Å². The van der Waals surface area contributed by atoms with Gasteiger partial charge >= 0.3 is 0 Å². The number of nitrogens with one attached hydrogen (secondary N) is 2. The molecule has 2 N–H and O–H groups in total. The fourth-order valence-corrected chi connectivity index (χ4v) is 0.548.